The highest BCUT2D eigenvalue weighted by molar-refractivity contribution is 9.09. The summed E-state index contributed by atoms with van der Waals surface area (Å²) in [4.78, 5) is 11.2. The predicted octanol–water partition coefficient (Wildman–Crippen LogP) is 0.757. The zero-order chi connectivity index (χ0) is 8.97. The molecule has 0 amide bonds. The van der Waals surface area contributed by atoms with Gasteiger partial charge in [-0.3, -0.25) is 4.57 Å². The fourth-order valence-corrected chi connectivity index (χ4v) is 1.33. The summed E-state index contributed by atoms with van der Waals surface area (Å²) in [5, 5.41) is 4.92. The van der Waals surface area contributed by atoms with Crippen LogP contribution in [-0.4, -0.2) is 19.7 Å². The van der Waals surface area contributed by atoms with Gasteiger partial charge in [-0.1, -0.05) is 15.9 Å². The van der Waals surface area contributed by atoms with E-state index in [1.807, 2.05) is 0 Å². The van der Waals surface area contributed by atoms with Crippen LogP contribution in [0, 0.1) is 0 Å². The number of halogens is 1. The fourth-order valence-electron chi connectivity index (χ4n) is 0.930. The summed E-state index contributed by atoms with van der Waals surface area (Å²) < 4.78 is 2.97. The van der Waals surface area contributed by atoms with E-state index in [1.54, 1.807) is 7.05 Å². The Bertz CT molecular complexity index is 291. The van der Waals surface area contributed by atoms with E-state index >= 15 is 0 Å². The first-order valence-corrected chi connectivity index (χ1v) is 5.02. The Morgan fingerprint density at radius 2 is 2.33 bits per heavy atom. The van der Waals surface area contributed by atoms with E-state index in [2.05, 4.69) is 21.0 Å². The van der Waals surface area contributed by atoms with E-state index in [0.717, 1.165) is 18.2 Å². The first-order chi connectivity index (χ1) is 5.75. The molecule has 0 atom stereocenters. The van der Waals surface area contributed by atoms with Gasteiger partial charge in [-0.2, -0.15) is 5.10 Å². The maximum atomic E-state index is 11.2. The van der Waals surface area contributed by atoms with Crippen molar-refractivity contribution in [2.24, 2.45) is 7.05 Å². The molecule has 0 aromatic carbocycles. The van der Waals surface area contributed by atoms with Gasteiger partial charge in [-0.05, 0) is 12.8 Å². The van der Waals surface area contributed by atoms with Crippen LogP contribution in [0.1, 0.15) is 12.8 Å². The molecule has 4 nitrogen and oxygen atoms in total. The molecule has 1 heterocycles. The lowest BCUT2D eigenvalue weighted by atomic mass is 10.3. The van der Waals surface area contributed by atoms with E-state index < -0.39 is 0 Å². The molecule has 0 saturated carbocycles. The van der Waals surface area contributed by atoms with Gasteiger partial charge < -0.3 is 0 Å². The number of hydrogen-bond acceptors (Lipinski definition) is 2. The van der Waals surface area contributed by atoms with Crippen LogP contribution in [0.2, 0.25) is 0 Å². The lowest BCUT2D eigenvalue weighted by molar-refractivity contribution is 0.551. The average molecular weight is 234 g/mol. The van der Waals surface area contributed by atoms with Gasteiger partial charge in [0.05, 0.1) is 0 Å². The van der Waals surface area contributed by atoms with E-state index in [0.29, 0.717) is 6.54 Å². The van der Waals surface area contributed by atoms with Gasteiger partial charge in [0.25, 0.3) is 0 Å². The van der Waals surface area contributed by atoms with Gasteiger partial charge >= 0.3 is 5.69 Å². The number of alkyl halides is 1. The molecule has 5 heteroatoms. The molecule has 0 N–H and O–H groups in total. The molecule has 0 saturated heterocycles. The third kappa shape index (κ3) is 2.20. The monoisotopic (exact) mass is 233 g/mol. The van der Waals surface area contributed by atoms with Gasteiger partial charge in [0.15, 0.2) is 0 Å². The quantitative estimate of drug-likeness (QED) is 0.569. The SMILES string of the molecule is Cn1cnn(CCCCBr)c1=O. The first kappa shape index (κ1) is 9.51. The number of aromatic nitrogens is 3. The maximum absolute atomic E-state index is 11.2. The summed E-state index contributed by atoms with van der Waals surface area (Å²) >= 11 is 3.33. The van der Waals surface area contributed by atoms with E-state index in [4.69, 9.17) is 0 Å². The molecule has 0 spiro atoms. The second-order valence-electron chi connectivity index (χ2n) is 2.64. The molecular weight excluding hydrogens is 222 g/mol. The van der Waals surface area contributed by atoms with Crippen molar-refractivity contribution < 1.29 is 0 Å². The van der Waals surface area contributed by atoms with Crippen molar-refractivity contribution in [1.82, 2.24) is 14.3 Å². The molecule has 1 aromatic rings. The van der Waals surface area contributed by atoms with Gasteiger partial charge in [0.1, 0.15) is 6.33 Å². The van der Waals surface area contributed by atoms with E-state index in [9.17, 15) is 4.79 Å². The Morgan fingerprint density at radius 3 is 2.83 bits per heavy atom. The lowest BCUT2D eigenvalue weighted by Crippen LogP contribution is -2.23. The van der Waals surface area contributed by atoms with Crippen molar-refractivity contribution >= 4 is 15.9 Å². The van der Waals surface area contributed by atoms with E-state index in [-0.39, 0.29) is 5.69 Å². The lowest BCUT2D eigenvalue weighted by Gasteiger charge is -1.96. The van der Waals surface area contributed by atoms with Crippen molar-refractivity contribution in [1.29, 1.82) is 0 Å². The van der Waals surface area contributed by atoms with Crippen LogP contribution in [0.4, 0.5) is 0 Å². The van der Waals surface area contributed by atoms with Crippen LogP contribution >= 0.6 is 15.9 Å². The molecule has 0 fully saturated rings. The molecule has 1 rings (SSSR count). The summed E-state index contributed by atoms with van der Waals surface area (Å²) in [6.45, 7) is 0.714. The van der Waals surface area contributed by atoms with Crippen molar-refractivity contribution in [3.63, 3.8) is 0 Å². The van der Waals surface area contributed by atoms with Gasteiger partial charge in [0.2, 0.25) is 0 Å². The Labute approximate surface area is 79.3 Å². The largest absolute Gasteiger partial charge is 0.345 e. The molecule has 68 valence electrons. The zero-order valence-corrected chi connectivity index (χ0v) is 8.62. The van der Waals surface area contributed by atoms with Crippen molar-refractivity contribution in [2.75, 3.05) is 5.33 Å². The zero-order valence-electron chi connectivity index (χ0n) is 7.03. The minimum absolute atomic E-state index is 0.0374. The molecule has 0 bridgehead atoms. The summed E-state index contributed by atoms with van der Waals surface area (Å²) in [5.41, 5.74) is -0.0374. The predicted molar refractivity (Wildman–Crippen MR) is 50.5 cm³/mol. The Morgan fingerprint density at radius 1 is 1.58 bits per heavy atom. The number of nitrogens with zero attached hydrogens (tertiary/aromatic N) is 3. The third-order valence-corrected chi connectivity index (χ3v) is 2.20. The van der Waals surface area contributed by atoms with Crippen LogP contribution in [0.15, 0.2) is 11.1 Å². The maximum Gasteiger partial charge on any atom is 0.345 e. The standard InChI is InChI=1S/C7H12BrN3O/c1-10-6-9-11(7(10)12)5-3-2-4-8/h6H,2-5H2,1H3. The topological polar surface area (TPSA) is 39.8 Å². The number of unbranched alkanes of at least 4 members (excludes halogenated alkanes) is 1. The second-order valence-corrected chi connectivity index (χ2v) is 3.44. The minimum atomic E-state index is -0.0374. The van der Waals surface area contributed by atoms with Crippen LogP contribution in [0.5, 0.6) is 0 Å². The number of rotatable bonds is 4. The third-order valence-electron chi connectivity index (χ3n) is 1.64. The van der Waals surface area contributed by atoms with Crippen molar-refractivity contribution in [2.45, 2.75) is 19.4 Å². The molecule has 0 aliphatic carbocycles. The van der Waals surface area contributed by atoms with Gasteiger partial charge in [-0.15, -0.1) is 0 Å². The second kappa shape index (κ2) is 4.45. The Hall–Kier alpha value is -0.580. The van der Waals surface area contributed by atoms with Gasteiger partial charge in [0, 0.05) is 18.9 Å². The normalized spacial score (nSPS) is 10.5. The molecule has 0 aliphatic heterocycles. The summed E-state index contributed by atoms with van der Waals surface area (Å²) in [6, 6.07) is 0. The first-order valence-electron chi connectivity index (χ1n) is 3.90. The van der Waals surface area contributed by atoms with Crippen LogP contribution in [0.3, 0.4) is 0 Å². The molecule has 12 heavy (non-hydrogen) atoms. The highest BCUT2D eigenvalue weighted by Gasteiger charge is 1.99. The molecule has 1 aromatic heterocycles. The average Bonchev–Trinajstić information content (AvgIpc) is 2.36. The fraction of sp³-hybridized carbons (Fsp3) is 0.714. The Kier molecular flexibility index (Phi) is 3.52. The summed E-state index contributed by atoms with van der Waals surface area (Å²) in [7, 11) is 1.70. The minimum Gasteiger partial charge on any atom is -0.285 e. The summed E-state index contributed by atoms with van der Waals surface area (Å²) in [5.74, 6) is 0. The van der Waals surface area contributed by atoms with Crippen molar-refractivity contribution in [3.05, 3.63) is 16.8 Å². The highest BCUT2D eigenvalue weighted by Crippen LogP contribution is 1.94. The molecule has 0 unspecified atom stereocenters. The van der Waals surface area contributed by atoms with Gasteiger partial charge in [-0.25, -0.2) is 9.48 Å². The van der Waals surface area contributed by atoms with Crippen molar-refractivity contribution in [3.8, 4) is 0 Å². The van der Waals surface area contributed by atoms with Crippen LogP contribution in [-0.2, 0) is 13.6 Å². The molecular formula is C7H12BrN3O. The highest BCUT2D eigenvalue weighted by atomic mass is 79.9. The smallest absolute Gasteiger partial charge is 0.285 e. The van der Waals surface area contributed by atoms with E-state index in [1.165, 1.54) is 15.6 Å². The summed E-state index contributed by atoms with van der Waals surface area (Å²) in [6.07, 6.45) is 3.60. The van der Waals surface area contributed by atoms with Crippen LogP contribution < -0.4 is 5.69 Å². The number of hydrogen-bond donors (Lipinski definition) is 0. The molecule has 0 aliphatic rings. The molecule has 0 radical (unpaired) electrons. The Balaban J connectivity index is 2.52. The van der Waals surface area contributed by atoms with Crippen LogP contribution in [0.25, 0.3) is 0 Å². The number of aryl methyl sites for hydroxylation is 2.